The molecule has 2 N–H and O–H groups in total. The van der Waals surface area contributed by atoms with Crippen LogP contribution in [0.25, 0.3) is 11.3 Å². The van der Waals surface area contributed by atoms with Crippen molar-refractivity contribution in [2.75, 3.05) is 10.1 Å². The van der Waals surface area contributed by atoms with Crippen LogP contribution in [-0.2, 0) is 10.0 Å². The molecule has 4 rings (SSSR count). The summed E-state index contributed by atoms with van der Waals surface area (Å²) in [7, 11) is -3.64. The van der Waals surface area contributed by atoms with Crippen LogP contribution in [-0.4, -0.2) is 19.6 Å². The van der Waals surface area contributed by atoms with Gasteiger partial charge >= 0.3 is 0 Å². The van der Waals surface area contributed by atoms with Gasteiger partial charge in [-0.1, -0.05) is 60.7 Å². The number of nitrogens with zero attached hydrogens (tertiary/aromatic N) is 2. The summed E-state index contributed by atoms with van der Waals surface area (Å²) >= 11 is 1.46. The van der Waals surface area contributed by atoms with E-state index >= 15 is 0 Å². The van der Waals surface area contributed by atoms with Gasteiger partial charge in [0.15, 0.2) is 0 Å². The van der Waals surface area contributed by atoms with Gasteiger partial charge in [0.1, 0.15) is 0 Å². The number of hydrogen-bond acceptors (Lipinski definition) is 6. The molecule has 150 valence electrons. The molecule has 0 amide bonds. The third-order valence-corrected chi connectivity index (χ3v) is 6.28. The molecular weight excluding hydrogens is 416 g/mol. The summed E-state index contributed by atoms with van der Waals surface area (Å²) in [6, 6.07) is 25.2. The Morgan fingerprint density at radius 1 is 0.900 bits per heavy atom. The fraction of sp³-hybridized carbons (Fsp3) is 0. The second-order valence-electron chi connectivity index (χ2n) is 6.32. The Morgan fingerprint density at radius 3 is 2.40 bits per heavy atom. The molecule has 0 saturated heterocycles. The van der Waals surface area contributed by atoms with E-state index in [2.05, 4.69) is 20.2 Å². The number of hydrogen-bond donors (Lipinski definition) is 2. The van der Waals surface area contributed by atoms with Gasteiger partial charge in [-0.05, 0) is 29.8 Å². The van der Waals surface area contributed by atoms with Crippen molar-refractivity contribution >= 4 is 38.4 Å². The summed E-state index contributed by atoms with van der Waals surface area (Å²) in [5.41, 5.74) is 6.05. The second kappa shape index (κ2) is 8.89. The maximum Gasteiger partial charge on any atom is 0.261 e. The molecule has 0 saturated carbocycles. The van der Waals surface area contributed by atoms with Crippen molar-refractivity contribution < 1.29 is 8.42 Å². The zero-order valence-corrected chi connectivity index (χ0v) is 17.4. The Morgan fingerprint density at radius 2 is 1.63 bits per heavy atom. The summed E-state index contributed by atoms with van der Waals surface area (Å²) in [6.07, 6.45) is 1.61. The van der Waals surface area contributed by atoms with E-state index in [-0.39, 0.29) is 4.90 Å². The van der Waals surface area contributed by atoms with Crippen molar-refractivity contribution in [3.05, 3.63) is 95.9 Å². The van der Waals surface area contributed by atoms with Crippen LogP contribution < -0.4 is 10.1 Å². The fourth-order valence-corrected chi connectivity index (χ4v) is 4.46. The zero-order chi connectivity index (χ0) is 20.8. The number of benzene rings is 3. The van der Waals surface area contributed by atoms with E-state index in [1.165, 1.54) is 11.3 Å². The van der Waals surface area contributed by atoms with Gasteiger partial charge in [-0.2, -0.15) is 5.10 Å². The van der Waals surface area contributed by atoms with Crippen molar-refractivity contribution in [3.8, 4) is 11.3 Å². The Labute approximate surface area is 179 Å². The van der Waals surface area contributed by atoms with E-state index in [9.17, 15) is 8.42 Å². The van der Waals surface area contributed by atoms with Gasteiger partial charge in [-0.3, -0.25) is 10.1 Å². The van der Waals surface area contributed by atoms with Gasteiger partial charge in [0.05, 0.1) is 16.8 Å². The van der Waals surface area contributed by atoms with Crippen LogP contribution in [0.1, 0.15) is 5.56 Å². The molecule has 0 bridgehead atoms. The molecule has 0 radical (unpaired) electrons. The molecule has 3 aromatic carbocycles. The van der Waals surface area contributed by atoms with Crippen LogP contribution in [0, 0.1) is 0 Å². The first-order valence-electron chi connectivity index (χ1n) is 9.08. The van der Waals surface area contributed by atoms with Crippen LogP contribution in [0.4, 0.5) is 10.8 Å². The van der Waals surface area contributed by atoms with Gasteiger partial charge in [-0.25, -0.2) is 13.4 Å². The van der Waals surface area contributed by atoms with Crippen LogP contribution in [0.15, 0.2) is 100 Å². The number of nitrogens with one attached hydrogen (secondary N) is 2. The number of sulfonamides is 1. The normalized spacial score (nSPS) is 11.5. The minimum atomic E-state index is -3.64. The minimum Gasteiger partial charge on any atom is -0.280 e. The summed E-state index contributed by atoms with van der Waals surface area (Å²) in [6.45, 7) is 0. The van der Waals surface area contributed by atoms with Crippen LogP contribution in [0.5, 0.6) is 0 Å². The van der Waals surface area contributed by atoms with Crippen LogP contribution in [0.2, 0.25) is 0 Å². The number of anilines is 2. The number of rotatable bonds is 7. The van der Waals surface area contributed by atoms with Crippen molar-refractivity contribution in [1.29, 1.82) is 0 Å². The lowest BCUT2D eigenvalue weighted by Gasteiger charge is -2.08. The maximum atomic E-state index is 12.5. The third-order valence-electron chi connectivity index (χ3n) is 4.14. The van der Waals surface area contributed by atoms with Crippen LogP contribution >= 0.6 is 11.3 Å². The smallest absolute Gasteiger partial charge is 0.261 e. The Hall–Kier alpha value is -3.49. The maximum absolute atomic E-state index is 12.5. The van der Waals surface area contributed by atoms with Crippen molar-refractivity contribution in [2.24, 2.45) is 5.10 Å². The van der Waals surface area contributed by atoms with E-state index in [0.29, 0.717) is 10.8 Å². The topological polar surface area (TPSA) is 83.5 Å². The van der Waals surface area contributed by atoms with Gasteiger partial charge in [0, 0.05) is 16.6 Å². The fourth-order valence-electron chi connectivity index (χ4n) is 2.72. The van der Waals surface area contributed by atoms with Gasteiger partial charge in [-0.15, -0.1) is 11.3 Å². The number of aromatic nitrogens is 1. The molecule has 6 nitrogen and oxygen atoms in total. The first kappa shape index (κ1) is 19.8. The predicted molar refractivity (Wildman–Crippen MR) is 122 cm³/mol. The molecule has 0 aliphatic carbocycles. The molecule has 0 fully saturated rings. The molecular formula is C22H18N4O2S2. The number of thiazole rings is 1. The van der Waals surface area contributed by atoms with E-state index in [1.54, 1.807) is 54.7 Å². The standard InChI is InChI=1S/C22H18N4O2S2/c27-30(28,20-12-5-2-6-13-20)26-19-11-7-8-17(14-19)15-23-25-22-24-21(16-29-22)18-9-3-1-4-10-18/h1-16,26H,(H,24,25). The average Bonchev–Trinajstić information content (AvgIpc) is 3.24. The SMILES string of the molecule is O=S(=O)(Nc1cccc(C=NNc2nc(-c3ccccc3)cs2)c1)c1ccccc1. The molecule has 8 heteroatoms. The lowest BCUT2D eigenvalue weighted by Crippen LogP contribution is -2.12. The lowest BCUT2D eigenvalue weighted by molar-refractivity contribution is 0.601. The van der Waals surface area contributed by atoms with Crippen molar-refractivity contribution in [3.63, 3.8) is 0 Å². The summed E-state index contributed by atoms with van der Waals surface area (Å²) in [5, 5.41) is 6.85. The second-order valence-corrected chi connectivity index (χ2v) is 8.86. The third kappa shape index (κ3) is 4.91. The van der Waals surface area contributed by atoms with Crippen molar-refractivity contribution in [1.82, 2.24) is 4.98 Å². The Balaban J connectivity index is 1.42. The summed E-state index contributed by atoms with van der Waals surface area (Å²) in [5.74, 6) is 0. The highest BCUT2D eigenvalue weighted by molar-refractivity contribution is 7.92. The lowest BCUT2D eigenvalue weighted by atomic mass is 10.2. The van der Waals surface area contributed by atoms with Gasteiger partial charge in [0.25, 0.3) is 10.0 Å². The molecule has 0 spiro atoms. The average molecular weight is 435 g/mol. The Bertz CT molecular complexity index is 1250. The monoisotopic (exact) mass is 434 g/mol. The van der Waals surface area contributed by atoms with E-state index < -0.39 is 10.0 Å². The predicted octanol–water partition coefficient (Wildman–Crippen LogP) is 5.06. The first-order valence-corrected chi connectivity index (χ1v) is 11.4. The molecule has 0 aliphatic rings. The van der Waals surface area contributed by atoms with E-state index in [1.807, 2.05) is 41.8 Å². The highest BCUT2D eigenvalue weighted by atomic mass is 32.2. The summed E-state index contributed by atoms with van der Waals surface area (Å²) in [4.78, 5) is 4.73. The van der Waals surface area contributed by atoms with E-state index in [4.69, 9.17) is 0 Å². The number of hydrazone groups is 1. The summed E-state index contributed by atoms with van der Waals surface area (Å²) < 4.78 is 27.5. The van der Waals surface area contributed by atoms with Crippen LogP contribution in [0.3, 0.4) is 0 Å². The molecule has 1 heterocycles. The van der Waals surface area contributed by atoms with E-state index in [0.717, 1.165) is 16.8 Å². The molecule has 4 aromatic rings. The first-order chi connectivity index (χ1) is 14.6. The minimum absolute atomic E-state index is 0.212. The zero-order valence-electron chi connectivity index (χ0n) is 15.8. The Kier molecular flexibility index (Phi) is 5.87. The van der Waals surface area contributed by atoms with Gasteiger partial charge in [0.2, 0.25) is 5.13 Å². The quantitative estimate of drug-likeness (QED) is 0.315. The molecule has 0 aliphatic heterocycles. The highest BCUT2D eigenvalue weighted by Gasteiger charge is 2.13. The van der Waals surface area contributed by atoms with Crippen molar-refractivity contribution in [2.45, 2.75) is 4.90 Å². The largest absolute Gasteiger partial charge is 0.280 e. The van der Waals surface area contributed by atoms with Gasteiger partial charge < -0.3 is 0 Å². The highest BCUT2D eigenvalue weighted by Crippen LogP contribution is 2.24. The molecule has 30 heavy (non-hydrogen) atoms. The molecule has 0 unspecified atom stereocenters. The molecule has 1 aromatic heterocycles. The molecule has 0 atom stereocenters.